The molecule has 100 valence electrons. The lowest BCUT2D eigenvalue weighted by atomic mass is 9.74. The van der Waals surface area contributed by atoms with Crippen LogP contribution in [0, 0.1) is 6.92 Å². The average molecular weight is 249 g/mol. The Morgan fingerprint density at radius 1 is 1.56 bits per heavy atom. The smallest absolute Gasteiger partial charge is 0.0697 e. The zero-order valence-corrected chi connectivity index (χ0v) is 11.4. The van der Waals surface area contributed by atoms with E-state index in [2.05, 4.69) is 17.3 Å². The summed E-state index contributed by atoms with van der Waals surface area (Å²) in [6.07, 6.45) is 8.16. The van der Waals surface area contributed by atoms with E-state index in [-0.39, 0.29) is 5.60 Å². The van der Waals surface area contributed by atoms with Crippen LogP contribution in [0.1, 0.15) is 43.4 Å². The lowest BCUT2D eigenvalue weighted by Gasteiger charge is -2.47. The molecular weight excluding hydrogens is 226 g/mol. The van der Waals surface area contributed by atoms with Gasteiger partial charge >= 0.3 is 0 Å². The van der Waals surface area contributed by atoms with Gasteiger partial charge in [-0.1, -0.05) is 0 Å². The van der Waals surface area contributed by atoms with E-state index in [1.54, 1.807) is 0 Å². The number of aromatic nitrogens is 2. The van der Waals surface area contributed by atoms with Crippen molar-refractivity contribution in [2.75, 3.05) is 6.61 Å². The number of nitrogens with one attached hydrogen (secondary N) is 1. The predicted molar refractivity (Wildman–Crippen MR) is 70.3 cm³/mol. The highest BCUT2D eigenvalue weighted by Crippen LogP contribution is 2.42. The average Bonchev–Trinajstić information content (AvgIpc) is 2.66. The molecule has 1 aromatic heterocycles. The Kier molecular flexibility index (Phi) is 3.16. The predicted octanol–water partition coefficient (Wildman–Crippen LogP) is 1.92. The molecule has 18 heavy (non-hydrogen) atoms. The molecule has 1 saturated heterocycles. The van der Waals surface area contributed by atoms with Crippen LogP contribution < -0.4 is 5.32 Å². The van der Waals surface area contributed by atoms with Gasteiger partial charge in [0.05, 0.1) is 11.8 Å². The van der Waals surface area contributed by atoms with Crippen molar-refractivity contribution in [2.24, 2.45) is 7.05 Å². The molecule has 0 bridgehead atoms. The van der Waals surface area contributed by atoms with E-state index < -0.39 is 0 Å². The Balaban J connectivity index is 1.55. The van der Waals surface area contributed by atoms with E-state index in [1.807, 2.05) is 17.9 Å². The SMILES string of the molecule is Cc1c(CNC2CCOC3(CCC3)C2)cnn1C. The maximum Gasteiger partial charge on any atom is 0.0697 e. The van der Waals surface area contributed by atoms with Gasteiger partial charge in [-0.2, -0.15) is 5.10 Å². The topological polar surface area (TPSA) is 39.1 Å². The Morgan fingerprint density at radius 3 is 3.00 bits per heavy atom. The van der Waals surface area contributed by atoms with Crippen LogP contribution in [0.15, 0.2) is 6.20 Å². The third-order valence-electron chi connectivity index (χ3n) is 4.68. The van der Waals surface area contributed by atoms with Gasteiger partial charge in [-0.15, -0.1) is 0 Å². The maximum absolute atomic E-state index is 5.96. The fourth-order valence-electron chi connectivity index (χ4n) is 3.09. The molecule has 1 aromatic rings. The van der Waals surface area contributed by atoms with Crippen molar-refractivity contribution in [2.45, 2.75) is 57.2 Å². The summed E-state index contributed by atoms with van der Waals surface area (Å²) in [6.45, 7) is 3.98. The molecule has 1 saturated carbocycles. The largest absolute Gasteiger partial charge is 0.375 e. The molecule has 2 fully saturated rings. The van der Waals surface area contributed by atoms with E-state index in [0.717, 1.165) is 19.6 Å². The van der Waals surface area contributed by atoms with Gasteiger partial charge in [0.1, 0.15) is 0 Å². The second kappa shape index (κ2) is 4.67. The van der Waals surface area contributed by atoms with Crippen molar-refractivity contribution in [3.8, 4) is 0 Å². The highest BCUT2D eigenvalue weighted by Gasteiger charge is 2.42. The van der Waals surface area contributed by atoms with Gasteiger partial charge in [0.25, 0.3) is 0 Å². The molecule has 2 heterocycles. The summed E-state index contributed by atoms with van der Waals surface area (Å²) in [5, 5.41) is 7.97. The standard InChI is InChI=1S/C14H23N3O/c1-11-12(10-16-17(11)2)9-15-13-4-7-18-14(8-13)5-3-6-14/h10,13,15H,3-9H2,1-2H3. The van der Waals surface area contributed by atoms with Crippen LogP contribution in [-0.4, -0.2) is 28.0 Å². The molecule has 1 unspecified atom stereocenters. The quantitative estimate of drug-likeness (QED) is 0.889. The Hall–Kier alpha value is -0.870. The van der Waals surface area contributed by atoms with Crippen LogP contribution in [0.25, 0.3) is 0 Å². The fraction of sp³-hybridized carbons (Fsp3) is 0.786. The van der Waals surface area contributed by atoms with Gasteiger partial charge in [0.2, 0.25) is 0 Å². The van der Waals surface area contributed by atoms with E-state index in [9.17, 15) is 0 Å². The van der Waals surface area contributed by atoms with Crippen molar-refractivity contribution in [3.63, 3.8) is 0 Å². The highest BCUT2D eigenvalue weighted by molar-refractivity contribution is 5.15. The molecule has 1 atom stereocenters. The molecule has 1 aliphatic heterocycles. The number of nitrogens with zero attached hydrogens (tertiary/aromatic N) is 2. The van der Waals surface area contributed by atoms with E-state index >= 15 is 0 Å². The van der Waals surface area contributed by atoms with E-state index in [0.29, 0.717) is 6.04 Å². The summed E-state index contributed by atoms with van der Waals surface area (Å²) in [5.41, 5.74) is 2.81. The summed E-state index contributed by atoms with van der Waals surface area (Å²) in [7, 11) is 2.00. The van der Waals surface area contributed by atoms with Crippen LogP contribution in [0.2, 0.25) is 0 Å². The third-order valence-corrected chi connectivity index (χ3v) is 4.68. The van der Waals surface area contributed by atoms with Crippen molar-refractivity contribution >= 4 is 0 Å². The summed E-state index contributed by atoms with van der Waals surface area (Å²) >= 11 is 0. The third kappa shape index (κ3) is 2.19. The molecule has 0 aromatic carbocycles. The van der Waals surface area contributed by atoms with Crippen LogP contribution in [-0.2, 0) is 18.3 Å². The minimum Gasteiger partial charge on any atom is -0.375 e. The molecule has 3 rings (SSSR count). The lowest BCUT2D eigenvalue weighted by molar-refractivity contribution is -0.135. The molecule has 4 nitrogen and oxygen atoms in total. The van der Waals surface area contributed by atoms with Crippen LogP contribution in [0.3, 0.4) is 0 Å². The number of hydrogen-bond acceptors (Lipinski definition) is 3. The molecule has 0 amide bonds. The van der Waals surface area contributed by atoms with Gasteiger partial charge in [0, 0.05) is 37.5 Å². The van der Waals surface area contributed by atoms with Crippen LogP contribution in [0.5, 0.6) is 0 Å². The van der Waals surface area contributed by atoms with Gasteiger partial charge < -0.3 is 10.1 Å². The first-order chi connectivity index (χ1) is 8.69. The maximum atomic E-state index is 5.96. The molecule has 4 heteroatoms. The normalized spacial score (nSPS) is 26.2. The Labute approximate surface area is 109 Å². The fourth-order valence-corrected chi connectivity index (χ4v) is 3.09. The first-order valence-corrected chi connectivity index (χ1v) is 7.03. The first-order valence-electron chi connectivity index (χ1n) is 7.03. The highest BCUT2D eigenvalue weighted by atomic mass is 16.5. The summed E-state index contributed by atoms with van der Waals surface area (Å²) < 4.78 is 7.89. The second-order valence-electron chi connectivity index (χ2n) is 5.83. The molecule has 2 aliphatic rings. The molecular formula is C14H23N3O. The number of hydrogen-bond donors (Lipinski definition) is 1. The van der Waals surface area contributed by atoms with Crippen molar-refractivity contribution in [3.05, 3.63) is 17.5 Å². The van der Waals surface area contributed by atoms with Gasteiger partial charge in [-0.3, -0.25) is 4.68 Å². The number of aryl methyl sites for hydroxylation is 1. The molecule has 1 aliphatic carbocycles. The Morgan fingerprint density at radius 2 is 2.39 bits per heavy atom. The number of rotatable bonds is 3. The second-order valence-corrected chi connectivity index (χ2v) is 5.83. The van der Waals surface area contributed by atoms with Crippen molar-refractivity contribution < 1.29 is 4.74 Å². The van der Waals surface area contributed by atoms with E-state index in [1.165, 1.54) is 36.9 Å². The molecule has 0 radical (unpaired) electrons. The van der Waals surface area contributed by atoms with Gasteiger partial charge in [-0.05, 0) is 39.0 Å². The molecule has 1 spiro atoms. The first kappa shape index (κ1) is 12.2. The van der Waals surface area contributed by atoms with Gasteiger partial charge in [-0.25, -0.2) is 0 Å². The van der Waals surface area contributed by atoms with Gasteiger partial charge in [0.15, 0.2) is 0 Å². The minimum absolute atomic E-state index is 0.236. The number of ether oxygens (including phenoxy) is 1. The summed E-state index contributed by atoms with van der Waals surface area (Å²) in [5.74, 6) is 0. The zero-order valence-electron chi connectivity index (χ0n) is 11.4. The van der Waals surface area contributed by atoms with Crippen LogP contribution >= 0.6 is 0 Å². The van der Waals surface area contributed by atoms with Crippen molar-refractivity contribution in [1.29, 1.82) is 0 Å². The zero-order chi connectivity index (χ0) is 12.6. The monoisotopic (exact) mass is 249 g/mol. The summed E-state index contributed by atoms with van der Waals surface area (Å²) in [6, 6.07) is 0.610. The van der Waals surface area contributed by atoms with E-state index in [4.69, 9.17) is 4.74 Å². The van der Waals surface area contributed by atoms with Crippen molar-refractivity contribution in [1.82, 2.24) is 15.1 Å². The lowest BCUT2D eigenvalue weighted by Crippen LogP contribution is -2.50. The Bertz CT molecular complexity index is 423. The molecule has 1 N–H and O–H groups in total. The summed E-state index contributed by atoms with van der Waals surface area (Å²) in [4.78, 5) is 0. The van der Waals surface area contributed by atoms with Crippen LogP contribution in [0.4, 0.5) is 0 Å². The minimum atomic E-state index is 0.236.